The van der Waals surface area contributed by atoms with Gasteiger partial charge in [0.25, 0.3) is 0 Å². The Hall–Kier alpha value is -1.42. The molecule has 1 fully saturated rings. The van der Waals surface area contributed by atoms with Crippen LogP contribution in [-0.4, -0.2) is 80.6 Å². The highest BCUT2D eigenvalue weighted by Gasteiger charge is 2.41. The highest BCUT2D eigenvalue weighted by atomic mass is 19.3. The van der Waals surface area contributed by atoms with Gasteiger partial charge >= 0.3 is 12.3 Å². The van der Waals surface area contributed by atoms with Gasteiger partial charge in [0.1, 0.15) is 25.1 Å². The van der Waals surface area contributed by atoms with E-state index in [-0.39, 0.29) is 12.6 Å². The van der Waals surface area contributed by atoms with Crippen molar-refractivity contribution in [2.75, 3.05) is 46.1 Å². The molecule has 1 aromatic rings. The molecule has 2 atom stereocenters. The van der Waals surface area contributed by atoms with Gasteiger partial charge in [-0.2, -0.15) is 8.78 Å². The number of aliphatic hydroxyl groups excluding tert-OH is 1. The molecule has 27 heavy (non-hydrogen) atoms. The number of rotatable bonds is 10. The molecule has 0 aliphatic carbocycles. The van der Waals surface area contributed by atoms with Crippen LogP contribution in [0.1, 0.15) is 5.56 Å². The molecular weight excluding hydrogens is 370 g/mol. The number of aliphatic hydroxyl groups is 1. The third-order valence-corrected chi connectivity index (χ3v) is 4.13. The number of hydrogen-bond acceptors (Lipinski definition) is 5. The monoisotopic (exact) mass is 395 g/mol. The van der Waals surface area contributed by atoms with E-state index < -0.39 is 31.7 Å². The van der Waals surface area contributed by atoms with Gasteiger partial charge in [0.2, 0.25) is 0 Å². The summed E-state index contributed by atoms with van der Waals surface area (Å²) in [6.45, 7) is 2.10. The molecule has 1 heterocycles. The minimum atomic E-state index is -4.21. The zero-order valence-corrected chi connectivity index (χ0v) is 15.1. The van der Waals surface area contributed by atoms with Crippen molar-refractivity contribution < 1.29 is 36.9 Å². The summed E-state index contributed by atoms with van der Waals surface area (Å²) >= 11 is 0. The molecule has 1 aliphatic heterocycles. The van der Waals surface area contributed by atoms with E-state index in [4.69, 9.17) is 9.47 Å². The highest BCUT2D eigenvalue weighted by molar-refractivity contribution is 5.31. The fourth-order valence-corrected chi connectivity index (χ4v) is 2.69. The largest absolute Gasteiger partial charge is 0.491 e. The van der Waals surface area contributed by atoms with Crippen LogP contribution in [0.2, 0.25) is 0 Å². The molecule has 0 saturated carbocycles. The molecule has 0 spiro atoms. The lowest BCUT2D eigenvalue weighted by Gasteiger charge is -2.34. The fraction of sp³-hybridized carbons (Fsp3) is 0.667. The Morgan fingerprint density at radius 2 is 2.07 bits per heavy atom. The van der Waals surface area contributed by atoms with Crippen LogP contribution in [-0.2, 0) is 9.47 Å². The van der Waals surface area contributed by atoms with Gasteiger partial charge in [-0.3, -0.25) is 4.90 Å². The second-order valence-corrected chi connectivity index (χ2v) is 6.56. The SMILES string of the molecule is Cc1ccccc1OCC1CN(CC(O)COCC(F)(F)C(F)F)CCO1. The maximum absolute atomic E-state index is 12.8. The number of aryl methyl sites for hydroxylation is 1. The Bertz CT molecular complexity index is 576. The van der Waals surface area contributed by atoms with Crippen molar-refractivity contribution in [2.45, 2.75) is 31.5 Å². The normalized spacial score (nSPS) is 20.0. The molecule has 0 aromatic heterocycles. The van der Waals surface area contributed by atoms with Crippen LogP contribution in [0.5, 0.6) is 5.75 Å². The topological polar surface area (TPSA) is 51.2 Å². The van der Waals surface area contributed by atoms with E-state index in [9.17, 15) is 22.7 Å². The van der Waals surface area contributed by atoms with Gasteiger partial charge in [0.15, 0.2) is 0 Å². The number of alkyl halides is 4. The molecule has 0 radical (unpaired) electrons. The first kappa shape index (κ1) is 21.9. The lowest BCUT2D eigenvalue weighted by molar-refractivity contribution is -0.171. The van der Waals surface area contributed by atoms with Crippen LogP contribution in [0.3, 0.4) is 0 Å². The number of β-amino-alcohol motifs (C(OH)–C–C–N with tert-alkyl or cyclic N) is 1. The second kappa shape index (κ2) is 10.2. The molecular formula is C18H25F4NO4. The van der Waals surface area contributed by atoms with E-state index >= 15 is 0 Å². The summed E-state index contributed by atoms with van der Waals surface area (Å²) in [5.41, 5.74) is 1.01. The summed E-state index contributed by atoms with van der Waals surface area (Å²) in [6.07, 6.45) is -5.05. The van der Waals surface area contributed by atoms with Crippen LogP contribution >= 0.6 is 0 Å². The zero-order valence-electron chi connectivity index (χ0n) is 15.1. The number of halogens is 4. The number of benzene rings is 1. The number of nitrogens with zero attached hydrogens (tertiary/aromatic N) is 1. The molecule has 1 N–H and O–H groups in total. The van der Waals surface area contributed by atoms with E-state index in [2.05, 4.69) is 4.74 Å². The van der Waals surface area contributed by atoms with E-state index in [0.717, 1.165) is 11.3 Å². The predicted molar refractivity (Wildman–Crippen MR) is 90.6 cm³/mol. The Labute approximate surface area is 155 Å². The van der Waals surface area contributed by atoms with E-state index in [1.807, 2.05) is 36.1 Å². The van der Waals surface area contributed by atoms with Crippen molar-refractivity contribution in [3.05, 3.63) is 29.8 Å². The maximum atomic E-state index is 12.8. The van der Waals surface area contributed by atoms with Crippen LogP contribution in [0.15, 0.2) is 24.3 Å². The van der Waals surface area contributed by atoms with Crippen molar-refractivity contribution in [3.63, 3.8) is 0 Å². The minimum Gasteiger partial charge on any atom is -0.491 e. The average molecular weight is 395 g/mol. The highest BCUT2D eigenvalue weighted by Crippen LogP contribution is 2.23. The van der Waals surface area contributed by atoms with Gasteiger partial charge in [-0.25, -0.2) is 8.78 Å². The second-order valence-electron chi connectivity index (χ2n) is 6.56. The van der Waals surface area contributed by atoms with Crippen molar-refractivity contribution in [3.8, 4) is 5.75 Å². The van der Waals surface area contributed by atoms with Gasteiger partial charge in [-0.15, -0.1) is 0 Å². The van der Waals surface area contributed by atoms with Crippen molar-refractivity contribution >= 4 is 0 Å². The molecule has 1 saturated heterocycles. The summed E-state index contributed by atoms with van der Waals surface area (Å²) in [6, 6.07) is 7.61. The van der Waals surface area contributed by atoms with Gasteiger partial charge in [-0.05, 0) is 18.6 Å². The number of para-hydroxylation sites is 1. The fourth-order valence-electron chi connectivity index (χ4n) is 2.69. The Morgan fingerprint density at radius 3 is 2.78 bits per heavy atom. The Morgan fingerprint density at radius 1 is 1.33 bits per heavy atom. The maximum Gasteiger partial charge on any atom is 0.330 e. The number of hydrogen-bond donors (Lipinski definition) is 1. The molecule has 0 bridgehead atoms. The summed E-state index contributed by atoms with van der Waals surface area (Å²) in [5, 5.41) is 9.90. The van der Waals surface area contributed by atoms with Gasteiger partial charge in [0, 0.05) is 19.6 Å². The first-order chi connectivity index (χ1) is 12.8. The van der Waals surface area contributed by atoms with Crippen LogP contribution in [0.25, 0.3) is 0 Å². The van der Waals surface area contributed by atoms with Crippen LogP contribution in [0, 0.1) is 6.92 Å². The van der Waals surface area contributed by atoms with Crippen molar-refractivity contribution in [1.82, 2.24) is 4.90 Å². The Balaban J connectivity index is 1.70. The summed E-state index contributed by atoms with van der Waals surface area (Å²) in [4.78, 5) is 1.90. The minimum absolute atomic E-state index is 0.171. The van der Waals surface area contributed by atoms with Crippen LogP contribution < -0.4 is 4.74 Å². The number of ether oxygens (including phenoxy) is 3. The van der Waals surface area contributed by atoms with E-state index in [0.29, 0.717) is 26.3 Å². The first-order valence-electron chi connectivity index (χ1n) is 8.72. The third kappa shape index (κ3) is 7.25. The Kier molecular flexibility index (Phi) is 8.28. The van der Waals surface area contributed by atoms with E-state index in [1.54, 1.807) is 0 Å². The molecule has 1 aromatic carbocycles. The molecule has 1 aliphatic rings. The quantitative estimate of drug-likeness (QED) is 0.617. The predicted octanol–water partition coefficient (Wildman–Crippen LogP) is 2.35. The van der Waals surface area contributed by atoms with Crippen molar-refractivity contribution in [2.24, 2.45) is 0 Å². The van der Waals surface area contributed by atoms with Gasteiger partial charge in [0.05, 0.1) is 19.3 Å². The molecule has 2 rings (SSSR count). The molecule has 5 nitrogen and oxygen atoms in total. The lowest BCUT2D eigenvalue weighted by atomic mass is 10.2. The third-order valence-electron chi connectivity index (χ3n) is 4.13. The van der Waals surface area contributed by atoms with Crippen LogP contribution in [0.4, 0.5) is 17.6 Å². The zero-order chi connectivity index (χ0) is 19.9. The van der Waals surface area contributed by atoms with Crippen molar-refractivity contribution in [1.29, 1.82) is 0 Å². The molecule has 9 heteroatoms. The summed E-state index contributed by atoms with van der Waals surface area (Å²) in [5.74, 6) is -3.44. The first-order valence-corrected chi connectivity index (χ1v) is 8.72. The van der Waals surface area contributed by atoms with Gasteiger partial charge < -0.3 is 19.3 Å². The number of morpholine rings is 1. The molecule has 154 valence electrons. The summed E-state index contributed by atoms with van der Waals surface area (Å²) < 4.78 is 65.6. The van der Waals surface area contributed by atoms with E-state index in [1.165, 1.54) is 0 Å². The molecule has 0 amide bonds. The van der Waals surface area contributed by atoms with Gasteiger partial charge in [-0.1, -0.05) is 18.2 Å². The standard InChI is InChI=1S/C18H25F4NO4/c1-13-4-2-3-5-16(13)27-11-15-9-23(6-7-26-15)8-14(24)10-25-12-18(21,22)17(19)20/h2-5,14-15,17,24H,6-12H2,1H3. The lowest BCUT2D eigenvalue weighted by Crippen LogP contribution is -2.48. The average Bonchev–Trinajstić information content (AvgIpc) is 2.61. The summed E-state index contributed by atoms with van der Waals surface area (Å²) in [7, 11) is 0. The smallest absolute Gasteiger partial charge is 0.330 e. The molecule has 2 unspecified atom stereocenters.